The lowest BCUT2D eigenvalue weighted by molar-refractivity contribution is -0.142. The van der Waals surface area contributed by atoms with Crippen molar-refractivity contribution in [3.8, 4) is 0 Å². The maximum absolute atomic E-state index is 11.5. The van der Waals surface area contributed by atoms with Crippen LogP contribution in [-0.2, 0) is 9.59 Å². The number of aliphatic carboxylic acids is 1. The molecular formula is C10H15NO3. The zero-order chi connectivity index (χ0) is 10.6. The predicted molar refractivity (Wildman–Crippen MR) is 51.7 cm³/mol. The maximum Gasteiger partial charge on any atom is 0.325 e. The molecule has 0 aromatic rings. The quantitative estimate of drug-likeness (QED) is 0.661. The molecule has 1 amide bonds. The van der Waals surface area contributed by atoms with Crippen LogP contribution < -0.4 is 5.32 Å². The molecule has 0 aromatic heterocycles. The number of allylic oxidation sites excluding steroid dienone is 2. The van der Waals surface area contributed by atoms with Crippen molar-refractivity contribution in [2.24, 2.45) is 5.92 Å². The maximum atomic E-state index is 11.5. The number of rotatable bonds is 3. The minimum absolute atomic E-state index is 0.0539. The van der Waals surface area contributed by atoms with E-state index in [4.69, 9.17) is 5.11 Å². The second-order valence-corrected chi connectivity index (χ2v) is 3.55. The van der Waals surface area contributed by atoms with Crippen LogP contribution in [0.2, 0.25) is 0 Å². The monoisotopic (exact) mass is 197 g/mol. The number of hydrogen-bond acceptors (Lipinski definition) is 2. The number of carboxylic acids is 1. The van der Waals surface area contributed by atoms with E-state index < -0.39 is 12.0 Å². The first kappa shape index (κ1) is 10.8. The Morgan fingerprint density at radius 1 is 1.50 bits per heavy atom. The van der Waals surface area contributed by atoms with Crippen molar-refractivity contribution in [2.45, 2.75) is 32.2 Å². The zero-order valence-corrected chi connectivity index (χ0v) is 8.19. The van der Waals surface area contributed by atoms with Gasteiger partial charge < -0.3 is 10.4 Å². The number of nitrogens with one attached hydrogen (secondary N) is 1. The summed E-state index contributed by atoms with van der Waals surface area (Å²) in [6, 6.07) is -0.798. The molecule has 0 fully saturated rings. The standard InChI is InChI=1S/C10H15NO3/c1-7(10(13)14)11-9(12)8-5-3-2-4-6-8/h2-3,7-8H,4-6H2,1H3,(H,11,12)(H,13,14)/t7-,8?/m1/s1. The van der Waals surface area contributed by atoms with Crippen LogP contribution in [-0.4, -0.2) is 23.0 Å². The summed E-state index contributed by atoms with van der Waals surface area (Å²) in [6.07, 6.45) is 6.45. The minimum atomic E-state index is -0.996. The Morgan fingerprint density at radius 3 is 2.71 bits per heavy atom. The van der Waals surface area contributed by atoms with Crippen molar-refractivity contribution in [2.75, 3.05) is 0 Å². The van der Waals surface area contributed by atoms with Crippen molar-refractivity contribution in [3.63, 3.8) is 0 Å². The molecule has 0 saturated carbocycles. The summed E-state index contributed by atoms with van der Waals surface area (Å²) in [5.41, 5.74) is 0. The van der Waals surface area contributed by atoms with Gasteiger partial charge in [-0.3, -0.25) is 9.59 Å². The molecule has 14 heavy (non-hydrogen) atoms. The van der Waals surface area contributed by atoms with Gasteiger partial charge in [-0.15, -0.1) is 0 Å². The molecular weight excluding hydrogens is 182 g/mol. The molecule has 1 unspecified atom stereocenters. The molecule has 4 nitrogen and oxygen atoms in total. The first-order valence-electron chi connectivity index (χ1n) is 4.79. The number of carbonyl (C=O) groups excluding carboxylic acids is 1. The Hall–Kier alpha value is -1.32. The van der Waals surface area contributed by atoms with E-state index >= 15 is 0 Å². The average Bonchev–Trinajstić information content (AvgIpc) is 2.19. The van der Waals surface area contributed by atoms with Gasteiger partial charge in [-0.05, 0) is 26.2 Å². The Morgan fingerprint density at radius 2 is 2.21 bits per heavy atom. The molecule has 1 aliphatic rings. The highest BCUT2D eigenvalue weighted by Crippen LogP contribution is 2.18. The molecule has 0 saturated heterocycles. The summed E-state index contributed by atoms with van der Waals surface area (Å²) in [5, 5.41) is 11.1. The van der Waals surface area contributed by atoms with Gasteiger partial charge in [-0.2, -0.15) is 0 Å². The third kappa shape index (κ3) is 2.87. The topological polar surface area (TPSA) is 66.4 Å². The summed E-state index contributed by atoms with van der Waals surface area (Å²) in [6.45, 7) is 1.47. The fourth-order valence-electron chi connectivity index (χ4n) is 1.42. The lowest BCUT2D eigenvalue weighted by Gasteiger charge is -2.18. The summed E-state index contributed by atoms with van der Waals surface area (Å²) >= 11 is 0. The normalized spacial score (nSPS) is 22.8. The highest BCUT2D eigenvalue weighted by atomic mass is 16.4. The van der Waals surface area contributed by atoms with Crippen LogP contribution in [0.15, 0.2) is 12.2 Å². The van der Waals surface area contributed by atoms with Gasteiger partial charge in [0.1, 0.15) is 6.04 Å². The largest absolute Gasteiger partial charge is 0.480 e. The SMILES string of the molecule is C[C@@H](NC(=O)C1CC=CCC1)C(=O)O. The Labute approximate surface area is 83.0 Å². The van der Waals surface area contributed by atoms with Crippen LogP contribution in [0.1, 0.15) is 26.2 Å². The number of carbonyl (C=O) groups is 2. The van der Waals surface area contributed by atoms with Gasteiger partial charge in [0, 0.05) is 5.92 Å². The van der Waals surface area contributed by atoms with E-state index in [1.807, 2.05) is 12.2 Å². The third-order valence-corrected chi connectivity index (χ3v) is 2.37. The van der Waals surface area contributed by atoms with Gasteiger partial charge in [-0.1, -0.05) is 12.2 Å². The van der Waals surface area contributed by atoms with E-state index in [1.54, 1.807) is 0 Å². The third-order valence-electron chi connectivity index (χ3n) is 2.37. The van der Waals surface area contributed by atoms with E-state index in [-0.39, 0.29) is 11.8 Å². The van der Waals surface area contributed by atoms with Crippen LogP contribution in [0.4, 0.5) is 0 Å². The molecule has 0 bridgehead atoms. The van der Waals surface area contributed by atoms with E-state index in [1.165, 1.54) is 6.92 Å². The summed E-state index contributed by atoms with van der Waals surface area (Å²) in [7, 11) is 0. The van der Waals surface area contributed by atoms with E-state index in [0.717, 1.165) is 19.3 Å². The molecule has 4 heteroatoms. The molecule has 1 rings (SSSR count). The average molecular weight is 197 g/mol. The van der Waals surface area contributed by atoms with Crippen LogP contribution in [0.25, 0.3) is 0 Å². The van der Waals surface area contributed by atoms with Crippen molar-refractivity contribution in [3.05, 3.63) is 12.2 Å². The van der Waals surface area contributed by atoms with Gasteiger partial charge in [0.15, 0.2) is 0 Å². The van der Waals surface area contributed by atoms with Gasteiger partial charge in [-0.25, -0.2) is 0 Å². The van der Waals surface area contributed by atoms with Crippen molar-refractivity contribution in [1.29, 1.82) is 0 Å². The van der Waals surface area contributed by atoms with Gasteiger partial charge >= 0.3 is 5.97 Å². The molecule has 0 heterocycles. The smallest absolute Gasteiger partial charge is 0.325 e. The number of amides is 1. The fourth-order valence-corrected chi connectivity index (χ4v) is 1.42. The Bertz CT molecular complexity index is 260. The Balaban J connectivity index is 2.41. The van der Waals surface area contributed by atoms with E-state index in [0.29, 0.717) is 0 Å². The van der Waals surface area contributed by atoms with Crippen LogP contribution >= 0.6 is 0 Å². The minimum Gasteiger partial charge on any atom is -0.480 e. The molecule has 0 radical (unpaired) electrons. The van der Waals surface area contributed by atoms with Crippen molar-refractivity contribution < 1.29 is 14.7 Å². The lowest BCUT2D eigenvalue weighted by atomic mass is 9.93. The molecule has 2 atom stereocenters. The Kier molecular flexibility index (Phi) is 3.68. The second-order valence-electron chi connectivity index (χ2n) is 3.55. The van der Waals surface area contributed by atoms with E-state index in [2.05, 4.69) is 5.32 Å². The fraction of sp³-hybridized carbons (Fsp3) is 0.600. The van der Waals surface area contributed by atoms with Crippen LogP contribution in [0.3, 0.4) is 0 Å². The second kappa shape index (κ2) is 4.79. The van der Waals surface area contributed by atoms with Gasteiger partial charge in [0.05, 0.1) is 0 Å². The summed E-state index contributed by atoms with van der Waals surface area (Å²) in [4.78, 5) is 22.0. The molecule has 0 spiro atoms. The van der Waals surface area contributed by atoms with Crippen LogP contribution in [0, 0.1) is 5.92 Å². The lowest BCUT2D eigenvalue weighted by Crippen LogP contribution is -2.41. The highest BCUT2D eigenvalue weighted by molar-refractivity contribution is 5.84. The first-order valence-corrected chi connectivity index (χ1v) is 4.79. The molecule has 0 aromatic carbocycles. The van der Waals surface area contributed by atoms with Gasteiger partial charge in [0.2, 0.25) is 5.91 Å². The number of carboxylic acid groups (broad SMARTS) is 1. The van der Waals surface area contributed by atoms with E-state index in [9.17, 15) is 9.59 Å². The molecule has 1 aliphatic carbocycles. The first-order chi connectivity index (χ1) is 6.61. The zero-order valence-electron chi connectivity index (χ0n) is 8.19. The van der Waals surface area contributed by atoms with Gasteiger partial charge in [0.25, 0.3) is 0 Å². The van der Waals surface area contributed by atoms with Crippen molar-refractivity contribution >= 4 is 11.9 Å². The summed E-state index contributed by atoms with van der Waals surface area (Å²) < 4.78 is 0. The van der Waals surface area contributed by atoms with Crippen LogP contribution in [0.5, 0.6) is 0 Å². The predicted octanol–water partition coefficient (Wildman–Crippen LogP) is 0.932. The molecule has 2 N–H and O–H groups in total. The number of hydrogen-bond donors (Lipinski definition) is 2. The van der Waals surface area contributed by atoms with Crippen molar-refractivity contribution in [1.82, 2.24) is 5.32 Å². The molecule has 78 valence electrons. The molecule has 0 aliphatic heterocycles. The summed E-state index contributed by atoms with van der Waals surface area (Å²) in [5.74, 6) is -1.20. The highest BCUT2D eigenvalue weighted by Gasteiger charge is 2.22.